The number of nitrogens with one attached hydrogen (secondary N) is 1. The van der Waals surface area contributed by atoms with Crippen LogP contribution in [0.5, 0.6) is 0 Å². The van der Waals surface area contributed by atoms with Crippen LogP contribution >= 0.6 is 11.6 Å². The summed E-state index contributed by atoms with van der Waals surface area (Å²) in [6, 6.07) is 7.47. The number of halogens is 1. The number of anilines is 1. The van der Waals surface area contributed by atoms with Gasteiger partial charge >= 0.3 is 0 Å². The van der Waals surface area contributed by atoms with Gasteiger partial charge in [0.15, 0.2) is 0 Å². The summed E-state index contributed by atoms with van der Waals surface area (Å²) in [6.07, 6.45) is 1.59. The van der Waals surface area contributed by atoms with Crippen molar-refractivity contribution in [3.05, 3.63) is 46.7 Å². The van der Waals surface area contributed by atoms with Crippen LogP contribution in [0.2, 0.25) is 5.02 Å². The summed E-state index contributed by atoms with van der Waals surface area (Å²) in [5.41, 5.74) is 2.77. The third-order valence-corrected chi connectivity index (χ3v) is 5.53. The zero-order valence-electron chi connectivity index (χ0n) is 17.2. The first kappa shape index (κ1) is 20.9. The van der Waals surface area contributed by atoms with Crippen LogP contribution in [0.4, 0.5) is 5.95 Å². The molecular formula is C22H25ClN4O3. The van der Waals surface area contributed by atoms with Crippen LogP contribution in [-0.4, -0.2) is 50.5 Å². The monoisotopic (exact) mass is 428 g/mol. The van der Waals surface area contributed by atoms with Gasteiger partial charge < -0.3 is 20.3 Å². The maximum atomic E-state index is 10.7. The van der Waals surface area contributed by atoms with Crippen LogP contribution in [0, 0.1) is 6.92 Å². The van der Waals surface area contributed by atoms with E-state index in [1.54, 1.807) is 20.0 Å². The summed E-state index contributed by atoms with van der Waals surface area (Å²) in [5.74, 6) is 0.394. The van der Waals surface area contributed by atoms with Gasteiger partial charge in [-0.25, -0.2) is 9.97 Å². The molecule has 30 heavy (non-hydrogen) atoms. The first-order valence-electron chi connectivity index (χ1n) is 9.92. The van der Waals surface area contributed by atoms with Gasteiger partial charge in [0.05, 0.1) is 46.8 Å². The lowest BCUT2D eigenvalue weighted by atomic mass is 9.92. The smallest absolute Gasteiger partial charge is 0.223 e. The van der Waals surface area contributed by atoms with Crippen molar-refractivity contribution in [1.29, 1.82) is 0 Å². The molecular weight excluding hydrogens is 404 g/mol. The molecule has 0 spiro atoms. The molecule has 3 N–H and O–H groups in total. The second kappa shape index (κ2) is 8.07. The first-order chi connectivity index (χ1) is 14.2. The van der Waals surface area contributed by atoms with Gasteiger partial charge in [0.2, 0.25) is 5.95 Å². The predicted molar refractivity (Wildman–Crippen MR) is 117 cm³/mol. The van der Waals surface area contributed by atoms with Gasteiger partial charge in [-0.3, -0.25) is 4.98 Å². The molecule has 3 aromatic rings. The normalized spacial score (nSPS) is 19.8. The Morgan fingerprint density at radius 1 is 1.23 bits per heavy atom. The van der Waals surface area contributed by atoms with Gasteiger partial charge in [-0.1, -0.05) is 17.7 Å². The first-order valence-corrected chi connectivity index (χ1v) is 10.3. The zero-order chi connectivity index (χ0) is 21.5. The molecule has 158 valence electrons. The maximum Gasteiger partial charge on any atom is 0.223 e. The molecule has 3 heterocycles. The highest BCUT2D eigenvalue weighted by atomic mass is 35.5. The Hall–Kier alpha value is -2.32. The van der Waals surface area contributed by atoms with Crippen molar-refractivity contribution in [2.24, 2.45) is 0 Å². The fourth-order valence-electron chi connectivity index (χ4n) is 3.71. The predicted octanol–water partition coefficient (Wildman–Crippen LogP) is 3.44. The highest BCUT2D eigenvalue weighted by Gasteiger charge is 2.25. The topological polar surface area (TPSA) is 100 Å². The van der Waals surface area contributed by atoms with Crippen LogP contribution in [0.15, 0.2) is 30.5 Å². The molecule has 0 amide bonds. The number of nitrogens with zero attached hydrogens (tertiary/aromatic N) is 3. The van der Waals surface area contributed by atoms with E-state index in [0.29, 0.717) is 29.7 Å². The Morgan fingerprint density at radius 2 is 2.03 bits per heavy atom. The van der Waals surface area contributed by atoms with Crippen molar-refractivity contribution in [2.75, 3.05) is 18.5 Å². The average Bonchev–Trinajstić information content (AvgIpc) is 2.69. The van der Waals surface area contributed by atoms with Gasteiger partial charge in [-0.15, -0.1) is 0 Å². The molecule has 8 heteroatoms. The number of aliphatic hydroxyl groups excluding tert-OH is 1. The lowest BCUT2D eigenvalue weighted by molar-refractivity contribution is -0.0136. The summed E-state index contributed by atoms with van der Waals surface area (Å²) < 4.78 is 5.27. The lowest BCUT2D eigenvalue weighted by Gasteiger charge is -2.28. The van der Waals surface area contributed by atoms with E-state index in [-0.39, 0.29) is 12.6 Å². The van der Waals surface area contributed by atoms with E-state index >= 15 is 0 Å². The highest BCUT2D eigenvalue weighted by Crippen LogP contribution is 2.33. The Labute approximate surface area is 180 Å². The molecule has 0 bridgehead atoms. The maximum absolute atomic E-state index is 10.7. The van der Waals surface area contributed by atoms with Gasteiger partial charge in [-0.2, -0.15) is 0 Å². The summed E-state index contributed by atoms with van der Waals surface area (Å²) in [7, 11) is 0. The van der Waals surface area contributed by atoms with Crippen molar-refractivity contribution in [3.8, 4) is 11.3 Å². The number of pyridine rings is 1. The van der Waals surface area contributed by atoms with Crippen molar-refractivity contribution in [3.63, 3.8) is 0 Å². The van der Waals surface area contributed by atoms with Crippen LogP contribution < -0.4 is 5.32 Å². The van der Waals surface area contributed by atoms with E-state index in [1.807, 2.05) is 31.2 Å². The summed E-state index contributed by atoms with van der Waals surface area (Å²) in [6.45, 7) is 6.28. The Morgan fingerprint density at radius 3 is 2.77 bits per heavy atom. The highest BCUT2D eigenvalue weighted by molar-refractivity contribution is 6.33. The van der Waals surface area contributed by atoms with Crippen LogP contribution in [0.25, 0.3) is 22.2 Å². The van der Waals surface area contributed by atoms with Crippen molar-refractivity contribution in [2.45, 2.75) is 44.9 Å². The molecule has 7 nitrogen and oxygen atoms in total. The molecule has 0 aliphatic carbocycles. The zero-order valence-corrected chi connectivity index (χ0v) is 17.9. The minimum atomic E-state index is -1.02. The number of aliphatic hydroxyl groups is 2. The van der Waals surface area contributed by atoms with E-state index in [2.05, 4.69) is 20.3 Å². The minimum absolute atomic E-state index is 0.182. The van der Waals surface area contributed by atoms with E-state index in [1.165, 1.54) is 0 Å². The number of rotatable bonds is 4. The molecule has 0 radical (unpaired) electrons. The number of benzene rings is 1. The van der Waals surface area contributed by atoms with E-state index in [0.717, 1.165) is 27.7 Å². The minimum Gasteiger partial charge on any atom is -0.389 e. The fourth-order valence-corrected chi connectivity index (χ4v) is 3.91. The molecule has 0 unspecified atom stereocenters. The number of hydrogen-bond acceptors (Lipinski definition) is 7. The largest absolute Gasteiger partial charge is 0.389 e. The molecule has 1 fully saturated rings. The summed E-state index contributed by atoms with van der Waals surface area (Å²) >= 11 is 6.42. The van der Waals surface area contributed by atoms with Crippen LogP contribution in [0.3, 0.4) is 0 Å². The quantitative estimate of drug-likeness (QED) is 0.585. The van der Waals surface area contributed by atoms with Crippen molar-refractivity contribution in [1.82, 2.24) is 15.0 Å². The molecule has 4 rings (SSSR count). The third kappa shape index (κ3) is 4.25. The SMILES string of the molecule is Cc1cc(C(C)(C)O)c2cc(-c3nc(N[C@@H]4CCOC[C@H]4O)ncc3Cl)ccc2n1. The van der Waals surface area contributed by atoms with Gasteiger partial charge in [0.1, 0.15) is 0 Å². The molecule has 2 aromatic heterocycles. The molecule has 1 aromatic carbocycles. The number of aryl methyl sites for hydroxylation is 1. The number of hydrogen-bond donors (Lipinski definition) is 3. The van der Waals surface area contributed by atoms with Crippen molar-refractivity contribution >= 4 is 28.5 Å². The summed E-state index contributed by atoms with van der Waals surface area (Å²) in [4.78, 5) is 13.4. The standard InChI is InChI=1S/C22H25ClN4O3/c1-12-8-15(22(2,3)29)14-9-13(4-5-17(14)25-12)20-16(23)10-24-21(27-20)26-18-6-7-30-11-19(18)28/h4-5,8-10,18-19,28-29H,6-7,11H2,1-3H3,(H,24,26,27)/t18-,19-/m1/s1. The number of ether oxygens (including phenoxy) is 1. The molecule has 1 saturated heterocycles. The van der Waals surface area contributed by atoms with Gasteiger partial charge in [-0.05, 0) is 51.0 Å². The molecule has 1 aliphatic rings. The Kier molecular flexibility index (Phi) is 5.63. The number of fused-ring (bicyclic) bond motifs is 1. The van der Waals surface area contributed by atoms with Gasteiger partial charge in [0, 0.05) is 23.3 Å². The molecule has 0 saturated carbocycles. The van der Waals surface area contributed by atoms with Crippen LogP contribution in [0.1, 0.15) is 31.5 Å². The Balaban J connectivity index is 1.75. The fraction of sp³-hybridized carbons (Fsp3) is 0.409. The summed E-state index contributed by atoms with van der Waals surface area (Å²) in [5, 5.41) is 25.2. The molecule has 2 atom stereocenters. The van der Waals surface area contributed by atoms with E-state index in [4.69, 9.17) is 16.3 Å². The third-order valence-electron chi connectivity index (χ3n) is 5.25. The van der Waals surface area contributed by atoms with E-state index in [9.17, 15) is 10.2 Å². The Bertz CT molecular complexity index is 1080. The number of aromatic nitrogens is 3. The second-order valence-corrected chi connectivity index (χ2v) is 8.58. The van der Waals surface area contributed by atoms with Crippen molar-refractivity contribution < 1.29 is 14.9 Å². The lowest BCUT2D eigenvalue weighted by Crippen LogP contribution is -2.42. The molecule has 1 aliphatic heterocycles. The van der Waals surface area contributed by atoms with Crippen LogP contribution in [-0.2, 0) is 10.3 Å². The average molecular weight is 429 g/mol. The van der Waals surface area contributed by atoms with Gasteiger partial charge in [0.25, 0.3) is 0 Å². The van der Waals surface area contributed by atoms with E-state index < -0.39 is 11.7 Å². The second-order valence-electron chi connectivity index (χ2n) is 8.17.